The summed E-state index contributed by atoms with van der Waals surface area (Å²) in [5.41, 5.74) is 0.811. The van der Waals surface area contributed by atoms with Crippen LogP contribution in [0.1, 0.15) is 23.3 Å². The van der Waals surface area contributed by atoms with E-state index in [-0.39, 0.29) is 29.6 Å². The lowest BCUT2D eigenvalue weighted by Gasteiger charge is -2.32. The van der Waals surface area contributed by atoms with Gasteiger partial charge in [0.05, 0.1) is 11.9 Å². The van der Waals surface area contributed by atoms with Gasteiger partial charge in [0.2, 0.25) is 0 Å². The first-order chi connectivity index (χ1) is 13.6. The largest absolute Gasteiger partial charge is 0.348 e. The van der Waals surface area contributed by atoms with Crippen LogP contribution in [0.2, 0.25) is 0 Å². The average Bonchev–Trinajstić information content (AvgIpc) is 2.98. The van der Waals surface area contributed by atoms with E-state index < -0.39 is 6.04 Å². The average molecular weight is 397 g/mol. The van der Waals surface area contributed by atoms with Crippen molar-refractivity contribution >= 4 is 35.3 Å². The molecule has 8 nitrogen and oxygen atoms in total. The molecule has 2 atom stereocenters. The van der Waals surface area contributed by atoms with Gasteiger partial charge in [-0.05, 0) is 37.3 Å². The molecule has 0 bridgehead atoms. The summed E-state index contributed by atoms with van der Waals surface area (Å²) in [7, 11) is 0. The molecule has 1 aromatic carbocycles. The molecule has 2 aromatic rings. The van der Waals surface area contributed by atoms with Crippen LogP contribution in [0.15, 0.2) is 47.8 Å². The fraction of sp³-hybridized carbons (Fsp3) is 0.316. The number of imide groups is 1. The van der Waals surface area contributed by atoms with Gasteiger partial charge in [0.25, 0.3) is 11.8 Å². The van der Waals surface area contributed by atoms with Gasteiger partial charge in [-0.25, -0.2) is 14.7 Å². The number of rotatable bonds is 4. The molecule has 1 N–H and O–H groups in total. The summed E-state index contributed by atoms with van der Waals surface area (Å²) < 4.78 is 0. The highest BCUT2D eigenvalue weighted by Crippen LogP contribution is 2.32. The number of aromatic nitrogens is 2. The van der Waals surface area contributed by atoms with Crippen molar-refractivity contribution in [1.29, 1.82) is 0 Å². The van der Waals surface area contributed by atoms with Crippen molar-refractivity contribution in [2.24, 2.45) is 0 Å². The van der Waals surface area contributed by atoms with Gasteiger partial charge in [-0.3, -0.25) is 14.6 Å². The zero-order valence-corrected chi connectivity index (χ0v) is 16.1. The Bertz CT molecular complexity index is 923. The standard InChI is InChI=1S/C19H19N5O3S/c1-28-14-4-2-3-13(10-14)24-18(26)16-9-12(5-8-23(16)19(24)27)22-17(25)15-11-20-6-7-21-15/h2-4,6-7,10-12,16H,5,8-9H2,1H3,(H,22,25)/t12-,16-/m0/s1. The van der Waals surface area contributed by atoms with E-state index in [0.29, 0.717) is 25.1 Å². The molecule has 4 amide bonds. The first-order valence-corrected chi connectivity index (χ1v) is 10.2. The number of nitrogens with zero attached hydrogens (tertiary/aromatic N) is 4. The molecule has 0 saturated carbocycles. The Balaban J connectivity index is 1.49. The highest BCUT2D eigenvalue weighted by molar-refractivity contribution is 7.98. The van der Waals surface area contributed by atoms with E-state index in [9.17, 15) is 14.4 Å². The summed E-state index contributed by atoms with van der Waals surface area (Å²) in [6.45, 7) is 0.416. The lowest BCUT2D eigenvalue weighted by Crippen LogP contribution is -2.49. The van der Waals surface area contributed by atoms with Crippen LogP contribution in [0.3, 0.4) is 0 Å². The third-order valence-electron chi connectivity index (χ3n) is 4.99. The van der Waals surface area contributed by atoms with Gasteiger partial charge in [0.15, 0.2) is 0 Å². The second-order valence-electron chi connectivity index (χ2n) is 6.65. The minimum Gasteiger partial charge on any atom is -0.348 e. The van der Waals surface area contributed by atoms with Crippen molar-refractivity contribution in [1.82, 2.24) is 20.2 Å². The molecule has 2 aliphatic heterocycles. The quantitative estimate of drug-likeness (QED) is 0.626. The molecule has 0 aliphatic carbocycles. The number of amides is 4. The Labute approximate surface area is 166 Å². The van der Waals surface area contributed by atoms with Gasteiger partial charge in [-0.1, -0.05) is 6.07 Å². The molecule has 9 heteroatoms. The maximum Gasteiger partial charge on any atom is 0.332 e. The zero-order chi connectivity index (χ0) is 19.7. The third kappa shape index (κ3) is 3.33. The molecule has 1 aromatic heterocycles. The van der Waals surface area contributed by atoms with Crippen molar-refractivity contribution in [3.63, 3.8) is 0 Å². The number of hydrogen-bond acceptors (Lipinski definition) is 6. The number of nitrogens with one attached hydrogen (secondary N) is 1. The summed E-state index contributed by atoms with van der Waals surface area (Å²) in [6, 6.07) is 6.31. The van der Waals surface area contributed by atoms with E-state index in [1.165, 1.54) is 23.5 Å². The topological polar surface area (TPSA) is 95.5 Å². The SMILES string of the molecule is CSc1cccc(N2C(=O)[C@@H]3C[C@@H](NC(=O)c4cnccn4)CCN3C2=O)c1. The molecule has 0 unspecified atom stereocenters. The van der Waals surface area contributed by atoms with Crippen molar-refractivity contribution in [2.75, 3.05) is 17.7 Å². The van der Waals surface area contributed by atoms with E-state index in [1.807, 2.05) is 24.5 Å². The molecule has 2 fully saturated rings. The van der Waals surface area contributed by atoms with Crippen LogP contribution in [0.5, 0.6) is 0 Å². The minimum atomic E-state index is -0.564. The van der Waals surface area contributed by atoms with Crippen molar-refractivity contribution in [2.45, 2.75) is 29.8 Å². The second kappa shape index (κ2) is 7.59. The molecule has 4 rings (SSSR count). The van der Waals surface area contributed by atoms with E-state index in [2.05, 4.69) is 15.3 Å². The van der Waals surface area contributed by atoms with E-state index in [0.717, 1.165) is 4.90 Å². The van der Waals surface area contributed by atoms with Gasteiger partial charge >= 0.3 is 6.03 Å². The van der Waals surface area contributed by atoms with Gasteiger partial charge in [0.1, 0.15) is 11.7 Å². The first-order valence-electron chi connectivity index (χ1n) is 8.94. The lowest BCUT2D eigenvalue weighted by atomic mass is 9.98. The van der Waals surface area contributed by atoms with Crippen molar-refractivity contribution in [3.8, 4) is 0 Å². The number of piperidine rings is 1. The molecule has 2 aliphatic rings. The number of thioether (sulfide) groups is 1. The molecular formula is C19H19N5O3S. The Morgan fingerprint density at radius 2 is 2.14 bits per heavy atom. The smallest absolute Gasteiger partial charge is 0.332 e. The monoisotopic (exact) mass is 397 g/mol. The minimum absolute atomic E-state index is 0.204. The fourth-order valence-corrected chi connectivity index (χ4v) is 4.05. The van der Waals surface area contributed by atoms with E-state index in [1.54, 1.807) is 22.7 Å². The molecule has 0 spiro atoms. The van der Waals surface area contributed by atoms with Gasteiger partial charge < -0.3 is 10.2 Å². The number of carbonyl (C=O) groups is 3. The summed E-state index contributed by atoms with van der Waals surface area (Å²) >= 11 is 1.55. The Morgan fingerprint density at radius 1 is 1.29 bits per heavy atom. The number of benzene rings is 1. The number of hydrogen-bond donors (Lipinski definition) is 1. The van der Waals surface area contributed by atoms with E-state index in [4.69, 9.17) is 0 Å². The van der Waals surface area contributed by atoms with Crippen molar-refractivity contribution in [3.05, 3.63) is 48.5 Å². The van der Waals surface area contributed by atoms with Crippen LogP contribution in [-0.2, 0) is 4.79 Å². The summed E-state index contributed by atoms with van der Waals surface area (Å²) in [6.07, 6.45) is 7.26. The number of anilines is 1. The zero-order valence-electron chi connectivity index (χ0n) is 15.2. The Kier molecular flexibility index (Phi) is 4.99. The molecular weight excluding hydrogens is 378 g/mol. The van der Waals surface area contributed by atoms with Crippen LogP contribution in [0.25, 0.3) is 0 Å². The predicted molar refractivity (Wildman–Crippen MR) is 104 cm³/mol. The molecule has 144 valence electrons. The number of carbonyl (C=O) groups excluding carboxylic acids is 3. The van der Waals surface area contributed by atoms with Crippen LogP contribution >= 0.6 is 11.8 Å². The normalized spacial score (nSPS) is 21.6. The molecule has 0 radical (unpaired) electrons. The van der Waals surface area contributed by atoms with E-state index >= 15 is 0 Å². The van der Waals surface area contributed by atoms with Crippen LogP contribution in [-0.4, -0.2) is 57.6 Å². The van der Waals surface area contributed by atoms with Gasteiger partial charge in [0, 0.05) is 29.9 Å². The third-order valence-corrected chi connectivity index (χ3v) is 5.71. The second-order valence-corrected chi connectivity index (χ2v) is 7.53. The van der Waals surface area contributed by atoms with Crippen LogP contribution < -0.4 is 10.2 Å². The maximum atomic E-state index is 13.0. The highest BCUT2D eigenvalue weighted by atomic mass is 32.2. The summed E-state index contributed by atoms with van der Waals surface area (Å²) in [5.74, 6) is -0.574. The summed E-state index contributed by atoms with van der Waals surface area (Å²) in [5, 5.41) is 2.90. The Hall–Kier alpha value is -2.94. The van der Waals surface area contributed by atoms with Gasteiger partial charge in [-0.2, -0.15) is 0 Å². The highest BCUT2D eigenvalue weighted by Gasteiger charge is 2.48. The lowest BCUT2D eigenvalue weighted by molar-refractivity contribution is -0.120. The molecule has 2 saturated heterocycles. The summed E-state index contributed by atoms with van der Waals surface area (Å²) in [4.78, 5) is 49.8. The number of fused-ring (bicyclic) bond motifs is 1. The number of urea groups is 1. The Morgan fingerprint density at radius 3 is 2.89 bits per heavy atom. The van der Waals surface area contributed by atoms with Crippen LogP contribution in [0.4, 0.5) is 10.5 Å². The fourth-order valence-electron chi connectivity index (χ4n) is 3.59. The van der Waals surface area contributed by atoms with Crippen LogP contribution in [0, 0.1) is 0 Å². The van der Waals surface area contributed by atoms with Crippen molar-refractivity contribution < 1.29 is 14.4 Å². The molecule has 3 heterocycles. The maximum absolute atomic E-state index is 13.0. The van der Waals surface area contributed by atoms with Gasteiger partial charge in [-0.15, -0.1) is 11.8 Å². The predicted octanol–water partition coefficient (Wildman–Crippen LogP) is 1.93. The molecule has 28 heavy (non-hydrogen) atoms. The first kappa shape index (κ1) is 18.4.